The third kappa shape index (κ3) is 5.94. The molecular weight excluding hydrogens is 200 g/mol. The minimum atomic E-state index is -4.45. The molecule has 1 unspecified atom stereocenters. The van der Waals surface area contributed by atoms with E-state index in [1.807, 2.05) is 0 Å². The van der Waals surface area contributed by atoms with Crippen molar-refractivity contribution in [2.75, 3.05) is 26.9 Å². The van der Waals surface area contributed by atoms with E-state index in [2.05, 4.69) is 4.18 Å². The number of aliphatic hydroxyl groups excluding tert-OH is 1. The maximum atomic E-state index is 10.2. The summed E-state index contributed by atoms with van der Waals surface area (Å²) >= 11 is 0. The second-order valence-corrected chi connectivity index (χ2v) is 4.18. The summed E-state index contributed by atoms with van der Waals surface area (Å²) in [6, 6.07) is 0. The molecule has 0 bridgehead atoms. The van der Waals surface area contributed by atoms with Crippen LogP contribution >= 0.6 is 0 Å². The number of hydrogen-bond donors (Lipinski definition) is 2. The molecule has 0 fully saturated rings. The van der Waals surface area contributed by atoms with Gasteiger partial charge in [-0.3, -0.25) is 4.55 Å². The fraction of sp³-hybridized carbons (Fsp3) is 1.00. The average molecular weight is 214 g/mol. The van der Waals surface area contributed by atoms with E-state index in [1.165, 1.54) is 7.11 Å². The van der Waals surface area contributed by atoms with Gasteiger partial charge in [0.25, 0.3) is 0 Å². The van der Waals surface area contributed by atoms with Gasteiger partial charge in [-0.1, -0.05) is 6.92 Å². The molecule has 0 radical (unpaired) electrons. The van der Waals surface area contributed by atoms with Gasteiger partial charge in [-0.05, 0) is 0 Å². The largest absolute Gasteiger partial charge is 0.397 e. The van der Waals surface area contributed by atoms with Crippen LogP contribution in [0.25, 0.3) is 0 Å². The molecular formula is C6H14O6S. The maximum absolute atomic E-state index is 10.2. The quantitative estimate of drug-likeness (QED) is 0.576. The van der Waals surface area contributed by atoms with Crippen molar-refractivity contribution in [1.29, 1.82) is 0 Å². The summed E-state index contributed by atoms with van der Waals surface area (Å²) in [5, 5.41) is 8.88. The zero-order valence-corrected chi connectivity index (χ0v) is 8.37. The number of hydrogen-bond acceptors (Lipinski definition) is 5. The van der Waals surface area contributed by atoms with E-state index in [0.717, 1.165) is 0 Å². The van der Waals surface area contributed by atoms with E-state index >= 15 is 0 Å². The zero-order chi connectivity index (χ0) is 10.5. The van der Waals surface area contributed by atoms with Crippen molar-refractivity contribution in [3.8, 4) is 0 Å². The van der Waals surface area contributed by atoms with E-state index in [0.29, 0.717) is 0 Å². The number of aliphatic hydroxyl groups is 1. The molecule has 7 heteroatoms. The van der Waals surface area contributed by atoms with Crippen molar-refractivity contribution < 1.29 is 27.0 Å². The lowest BCUT2D eigenvalue weighted by Crippen LogP contribution is -2.33. The lowest BCUT2D eigenvalue weighted by Gasteiger charge is -2.24. The molecule has 0 aliphatic heterocycles. The summed E-state index contributed by atoms with van der Waals surface area (Å²) < 4.78 is 37.6. The van der Waals surface area contributed by atoms with Gasteiger partial charge in [0, 0.05) is 12.5 Å². The van der Waals surface area contributed by atoms with Gasteiger partial charge in [0.1, 0.15) is 0 Å². The fourth-order valence-electron chi connectivity index (χ4n) is 0.698. The Kier molecular flexibility index (Phi) is 4.79. The molecule has 0 aromatic heterocycles. The van der Waals surface area contributed by atoms with Crippen LogP contribution in [0.3, 0.4) is 0 Å². The first-order valence-electron chi connectivity index (χ1n) is 3.55. The lowest BCUT2D eigenvalue weighted by atomic mass is 9.95. The second kappa shape index (κ2) is 4.87. The fourth-order valence-corrected chi connectivity index (χ4v) is 1.13. The highest BCUT2D eigenvalue weighted by Crippen LogP contribution is 2.16. The molecule has 0 aromatic carbocycles. The van der Waals surface area contributed by atoms with Crippen molar-refractivity contribution in [1.82, 2.24) is 0 Å². The summed E-state index contributed by atoms with van der Waals surface area (Å²) in [4.78, 5) is 0. The minimum Gasteiger partial charge on any atom is -0.396 e. The third-order valence-corrected chi connectivity index (χ3v) is 1.85. The number of methoxy groups -OCH3 is 1. The molecule has 0 saturated heterocycles. The highest BCUT2D eigenvalue weighted by molar-refractivity contribution is 7.80. The van der Waals surface area contributed by atoms with Crippen LogP contribution < -0.4 is 0 Å². The van der Waals surface area contributed by atoms with Crippen molar-refractivity contribution in [2.45, 2.75) is 6.92 Å². The summed E-state index contributed by atoms with van der Waals surface area (Å²) in [6.45, 7) is 1.09. The zero-order valence-electron chi connectivity index (χ0n) is 7.56. The summed E-state index contributed by atoms with van der Waals surface area (Å²) in [6.07, 6.45) is 0. The van der Waals surface area contributed by atoms with Crippen LogP contribution in [0, 0.1) is 5.41 Å². The van der Waals surface area contributed by atoms with Gasteiger partial charge >= 0.3 is 10.4 Å². The van der Waals surface area contributed by atoms with Gasteiger partial charge in [-0.15, -0.1) is 0 Å². The molecule has 6 nitrogen and oxygen atoms in total. The topological polar surface area (TPSA) is 93.1 Å². The molecule has 0 aliphatic rings. The molecule has 80 valence electrons. The Bertz CT molecular complexity index is 236. The molecule has 0 amide bonds. The molecule has 1 atom stereocenters. The predicted octanol–water partition coefficient (Wildman–Crippen LogP) is -0.549. The van der Waals surface area contributed by atoms with E-state index in [-0.39, 0.29) is 19.8 Å². The molecule has 13 heavy (non-hydrogen) atoms. The first kappa shape index (κ1) is 12.8. The Balaban J connectivity index is 4.13. The monoisotopic (exact) mass is 214 g/mol. The lowest BCUT2D eigenvalue weighted by molar-refractivity contribution is 0.00793. The van der Waals surface area contributed by atoms with Crippen LogP contribution in [0.15, 0.2) is 0 Å². The molecule has 2 N–H and O–H groups in total. The molecule has 0 spiro atoms. The Labute approximate surface area is 77.4 Å². The highest BCUT2D eigenvalue weighted by atomic mass is 32.3. The van der Waals surface area contributed by atoms with Gasteiger partial charge < -0.3 is 9.84 Å². The van der Waals surface area contributed by atoms with Crippen molar-refractivity contribution >= 4 is 10.4 Å². The van der Waals surface area contributed by atoms with Crippen LogP contribution in [0.5, 0.6) is 0 Å². The maximum Gasteiger partial charge on any atom is 0.397 e. The van der Waals surface area contributed by atoms with Crippen LogP contribution in [-0.2, 0) is 19.3 Å². The van der Waals surface area contributed by atoms with Gasteiger partial charge in [-0.2, -0.15) is 8.42 Å². The van der Waals surface area contributed by atoms with E-state index in [1.54, 1.807) is 6.92 Å². The standard InChI is InChI=1S/C6H14O6S/c1-6(3-7,4-11-2)5-12-13(8,9)10/h7H,3-5H2,1-2H3,(H,8,9,10). The van der Waals surface area contributed by atoms with E-state index in [9.17, 15) is 8.42 Å². The summed E-state index contributed by atoms with van der Waals surface area (Å²) in [5.74, 6) is 0. The third-order valence-electron chi connectivity index (χ3n) is 1.43. The van der Waals surface area contributed by atoms with Gasteiger partial charge in [0.15, 0.2) is 0 Å². The van der Waals surface area contributed by atoms with Crippen LogP contribution in [0.1, 0.15) is 6.92 Å². The molecule has 0 rings (SSSR count). The number of ether oxygens (including phenoxy) is 1. The Morgan fingerprint density at radius 3 is 2.23 bits per heavy atom. The second-order valence-electron chi connectivity index (χ2n) is 3.09. The minimum absolute atomic E-state index is 0.138. The SMILES string of the molecule is COCC(C)(CO)COS(=O)(=O)O. The van der Waals surface area contributed by atoms with Crippen LogP contribution in [-0.4, -0.2) is 45.0 Å². The predicted molar refractivity (Wildman–Crippen MR) is 44.6 cm³/mol. The van der Waals surface area contributed by atoms with Crippen LogP contribution in [0.4, 0.5) is 0 Å². The first-order chi connectivity index (χ1) is 5.83. The normalized spacial score (nSPS) is 16.9. The van der Waals surface area contributed by atoms with Gasteiger partial charge in [-0.25, -0.2) is 4.18 Å². The Morgan fingerprint density at radius 2 is 1.92 bits per heavy atom. The molecule has 0 heterocycles. The van der Waals surface area contributed by atoms with Gasteiger partial charge in [0.05, 0.1) is 19.8 Å². The number of rotatable bonds is 6. The molecule has 0 saturated carbocycles. The highest BCUT2D eigenvalue weighted by Gasteiger charge is 2.26. The van der Waals surface area contributed by atoms with E-state index in [4.69, 9.17) is 14.4 Å². The van der Waals surface area contributed by atoms with Crippen LogP contribution in [0.2, 0.25) is 0 Å². The molecule has 0 aliphatic carbocycles. The summed E-state index contributed by atoms with van der Waals surface area (Å²) in [5.41, 5.74) is -0.829. The average Bonchev–Trinajstić information content (AvgIpc) is 2.01. The van der Waals surface area contributed by atoms with E-state index < -0.39 is 15.8 Å². The van der Waals surface area contributed by atoms with Crippen molar-refractivity contribution in [3.63, 3.8) is 0 Å². The van der Waals surface area contributed by atoms with Crippen molar-refractivity contribution in [2.24, 2.45) is 5.41 Å². The first-order valence-corrected chi connectivity index (χ1v) is 4.91. The molecule has 0 aromatic rings. The van der Waals surface area contributed by atoms with Gasteiger partial charge in [0.2, 0.25) is 0 Å². The smallest absolute Gasteiger partial charge is 0.396 e. The Morgan fingerprint density at radius 1 is 1.38 bits per heavy atom. The van der Waals surface area contributed by atoms with Crippen molar-refractivity contribution in [3.05, 3.63) is 0 Å². The summed E-state index contributed by atoms with van der Waals surface area (Å²) in [7, 11) is -3.03. The Hall–Kier alpha value is -0.210.